The van der Waals surface area contributed by atoms with Crippen molar-refractivity contribution in [2.24, 2.45) is 11.8 Å². The van der Waals surface area contributed by atoms with Crippen molar-refractivity contribution in [3.05, 3.63) is 35.4 Å². The number of likely N-dealkylation sites (N-methyl/N-ethyl adjacent to an activating group) is 1. The van der Waals surface area contributed by atoms with Crippen LogP contribution >= 0.6 is 0 Å². The zero-order valence-electron chi connectivity index (χ0n) is 21.4. The van der Waals surface area contributed by atoms with Gasteiger partial charge in [0.05, 0.1) is 0 Å². The SMILES string of the molecule is C[C@H](CNC(=O)Oc1ccc2c3c1O[C@H]1CC=CC4C(C2)N(C)CC[C@@]341)CC(=O)NN1CCCCC1. The molecule has 8 nitrogen and oxygen atoms in total. The number of nitrogens with one attached hydrogen (secondary N) is 2. The second-order valence-electron chi connectivity index (χ2n) is 11.4. The second kappa shape index (κ2) is 9.38. The molecule has 1 aromatic rings. The van der Waals surface area contributed by atoms with E-state index < -0.39 is 6.09 Å². The smallest absolute Gasteiger partial charge is 0.412 e. The summed E-state index contributed by atoms with van der Waals surface area (Å²) in [5.41, 5.74) is 5.58. The monoisotopic (exact) mass is 494 g/mol. The lowest BCUT2D eigenvalue weighted by atomic mass is 9.54. The molecule has 5 atom stereocenters. The Kier molecular flexibility index (Phi) is 6.20. The number of rotatable bonds is 6. The number of amides is 2. The van der Waals surface area contributed by atoms with Crippen LogP contribution in [0.3, 0.4) is 0 Å². The van der Waals surface area contributed by atoms with Crippen molar-refractivity contribution >= 4 is 12.0 Å². The van der Waals surface area contributed by atoms with Gasteiger partial charge in [-0.25, -0.2) is 9.80 Å². The molecule has 6 rings (SSSR count). The molecule has 3 aliphatic heterocycles. The summed E-state index contributed by atoms with van der Waals surface area (Å²) in [6.45, 7) is 5.21. The third kappa shape index (κ3) is 3.98. The Labute approximate surface area is 213 Å². The summed E-state index contributed by atoms with van der Waals surface area (Å²) < 4.78 is 12.4. The van der Waals surface area contributed by atoms with Crippen molar-refractivity contribution in [2.75, 3.05) is 33.2 Å². The summed E-state index contributed by atoms with van der Waals surface area (Å²) in [6.07, 6.45) is 11.0. The van der Waals surface area contributed by atoms with Gasteiger partial charge in [0.15, 0.2) is 11.5 Å². The van der Waals surface area contributed by atoms with Crippen LogP contribution in [0.4, 0.5) is 4.79 Å². The van der Waals surface area contributed by atoms with Gasteiger partial charge < -0.3 is 19.7 Å². The van der Waals surface area contributed by atoms with E-state index in [1.165, 1.54) is 17.5 Å². The third-order valence-corrected chi connectivity index (χ3v) is 9.05. The minimum Gasteiger partial charge on any atom is -0.485 e. The van der Waals surface area contributed by atoms with Gasteiger partial charge in [-0.2, -0.15) is 0 Å². The van der Waals surface area contributed by atoms with Gasteiger partial charge in [-0.3, -0.25) is 10.2 Å². The average molecular weight is 495 g/mol. The van der Waals surface area contributed by atoms with Crippen LogP contribution in [0.15, 0.2) is 24.3 Å². The van der Waals surface area contributed by atoms with Gasteiger partial charge in [0.25, 0.3) is 0 Å². The van der Waals surface area contributed by atoms with Crippen LogP contribution in [0.5, 0.6) is 11.5 Å². The van der Waals surface area contributed by atoms with E-state index >= 15 is 0 Å². The fourth-order valence-corrected chi connectivity index (χ4v) is 7.29. The van der Waals surface area contributed by atoms with E-state index in [4.69, 9.17) is 9.47 Å². The van der Waals surface area contributed by atoms with E-state index in [2.05, 4.69) is 40.9 Å². The highest BCUT2D eigenvalue weighted by molar-refractivity contribution is 5.76. The standard InChI is InChI=1S/C28H38N4O4/c1-18(15-24(33)30-32-12-4-3-5-13-32)17-29-27(34)35-22-10-9-19-16-21-20-7-6-8-23-28(20,11-14-31(21)2)25(19)26(22)36-23/h6-7,9-10,18,20-21,23H,3-5,8,11-17H2,1-2H3,(H,29,34)(H,30,33)/t18-,20?,21?,23-,28+/m0/s1. The fraction of sp³-hybridized carbons (Fsp3) is 0.643. The zero-order valence-corrected chi connectivity index (χ0v) is 21.4. The Hall–Kier alpha value is -2.58. The number of nitrogens with zero attached hydrogens (tertiary/aromatic N) is 2. The Bertz CT molecular complexity index is 1070. The van der Waals surface area contributed by atoms with Crippen LogP contribution in [0.25, 0.3) is 0 Å². The van der Waals surface area contributed by atoms with Crippen molar-refractivity contribution < 1.29 is 19.1 Å². The summed E-state index contributed by atoms with van der Waals surface area (Å²) in [7, 11) is 2.23. The first-order valence-corrected chi connectivity index (χ1v) is 13.7. The maximum absolute atomic E-state index is 12.7. The van der Waals surface area contributed by atoms with Crippen molar-refractivity contribution in [2.45, 2.75) is 69.4 Å². The molecule has 194 valence electrons. The van der Waals surface area contributed by atoms with E-state index in [0.717, 1.165) is 57.5 Å². The highest BCUT2D eigenvalue weighted by Gasteiger charge is 2.62. The van der Waals surface area contributed by atoms with Gasteiger partial charge >= 0.3 is 6.09 Å². The van der Waals surface area contributed by atoms with Crippen LogP contribution in [-0.2, 0) is 16.6 Å². The molecule has 36 heavy (non-hydrogen) atoms. The molecule has 2 N–H and O–H groups in total. The minimum absolute atomic E-state index is 0.00188. The molecular weight excluding hydrogens is 456 g/mol. The van der Waals surface area contributed by atoms with Gasteiger partial charge in [-0.1, -0.05) is 31.6 Å². The maximum Gasteiger partial charge on any atom is 0.412 e. The van der Waals surface area contributed by atoms with Crippen LogP contribution < -0.4 is 20.2 Å². The number of piperidine rings is 2. The van der Waals surface area contributed by atoms with Gasteiger partial charge in [0.2, 0.25) is 5.91 Å². The molecule has 2 aliphatic carbocycles. The van der Waals surface area contributed by atoms with Crippen LogP contribution in [0, 0.1) is 11.8 Å². The number of benzene rings is 1. The highest BCUT2D eigenvalue weighted by Crippen LogP contribution is 2.62. The van der Waals surface area contributed by atoms with Gasteiger partial charge in [0.1, 0.15) is 6.10 Å². The first-order valence-electron chi connectivity index (χ1n) is 13.7. The fourth-order valence-electron chi connectivity index (χ4n) is 7.29. The van der Waals surface area contributed by atoms with Gasteiger partial charge in [-0.05, 0) is 56.8 Å². The molecule has 2 saturated heterocycles. The largest absolute Gasteiger partial charge is 0.485 e. The summed E-state index contributed by atoms with van der Waals surface area (Å²) in [5, 5.41) is 4.85. The lowest BCUT2D eigenvalue weighted by Crippen LogP contribution is -2.62. The Morgan fingerprint density at radius 2 is 2.06 bits per heavy atom. The van der Waals surface area contributed by atoms with E-state index in [0.29, 0.717) is 30.7 Å². The molecule has 8 heteroatoms. The number of carbonyl (C=O) groups excluding carboxylic acids is 2. The molecule has 1 aromatic carbocycles. The molecule has 0 radical (unpaired) electrons. The van der Waals surface area contributed by atoms with E-state index in [-0.39, 0.29) is 23.3 Å². The topological polar surface area (TPSA) is 83.1 Å². The van der Waals surface area contributed by atoms with Crippen LogP contribution in [0.1, 0.15) is 56.6 Å². The van der Waals surface area contributed by atoms with Crippen molar-refractivity contribution in [3.8, 4) is 11.5 Å². The average Bonchev–Trinajstić information content (AvgIpc) is 3.21. The normalized spacial score (nSPS) is 31.2. The molecule has 2 bridgehead atoms. The molecule has 0 aromatic heterocycles. The number of hydrazine groups is 1. The molecule has 5 aliphatic rings. The number of ether oxygens (including phenoxy) is 2. The number of likely N-dealkylation sites (tertiary alicyclic amines) is 1. The molecule has 2 fully saturated rings. The summed E-state index contributed by atoms with van der Waals surface area (Å²) in [5.74, 6) is 1.70. The predicted molar refractivity (Wildman–Crippen MR) is 136 cm³/mol. The van der Waals surface area contributed by atoms with Crippen molar-refractivity contribution in [1.82, 2.24) is 20.7 Å². The molecular formula is C28H38N4O4. The van der Waals surface area contributed by atoms with Crippen LogP contribution in [0.2, 0.25) is 0 Å². The van der Waals surface area contributed by atoms with Gasteiger partial charge in [-0.15, -0.1) is 0 Å². The number of carbonyl (C=O) groups is 2. The van der Waals surface area contributed by atoms with E-state index in [9.17, 15) is 9.59 Å². The first kappa shape index (κ1) is 23.8. The number of hydrogen-bond acceptors (Lipinski definition) is 6. The summed E-state index contributed by atoms with van der Waals surface area (Å²) in [4.78, 5) is 27.6. The molecule has 1 spiro atoms. The Balaban J connectivity index is 1.10. The van der Waals surface area contributed by atoms with Crippen LogP contribution in [-0.4, -0.2) is 67.3 Å². The first-order chi connectivity index (χ1) is 17.5. The minimum atomic E-state index is -0.503. The summed E-state index contributed by atoms with van der Waals surface area (Å²) >= 11 is 0. The Morgan fingerprint density at radius 3 is 2.89 bits per heavy atom. The van der Waals surface area contributed by atoms with Crippen molar-refractivity contribution in [1.29, 1.82) is 0 Å². The highest BCUT2D eigenvalue weighted by atomic mass is 16.6. The second-order valence-corrected chi connectivity index (χ2v) is 11.4. The van der Waals surface area contributed by atoms with E-state index in [1.54, 1.807) is 0 Å². The van der Waals surface area contributed by atoms with Gasteiger partial charge in [0, 0.05) is 55.4 Å². The maximum atomic E-state index is 12.7. The third-order valence-electron chi connectivity index (χ3n) is 9.05. The van der Waals surface area contributed by atoms with E-state index in [1.807, 2.05) is 18.0 Å². The molecule has 2 unspecified atom stereocenters. The lowest BCUT2D eigenvalue weighted by Gasteiger charge is -2.55. The number of hydrogen-bond donors (Lipinski definition) is 2. The predicted octanol–water partition coefficient (Wildman–Crippen LogP) is 3.15. The molecule has 0 saturated carbocycles. The zero-order chi connectivity index (χ0) is 24.9. The van der Waals surface area contributed by atoms with Crippen molar-refractivity contribution in [3.63, 3.8) is 0 Å². The quantitative estimate of drug-likeness (QED) is 0.592. The molecule has 2 amide bonds. The summed E-state index contributed by atoms with van der Waals surface area (Å²) in [6, 6.07) is 4.51. The Morgan fingerprint density at radius 1 is 1.22 bits per heavy atom. The lowest BCUT2D eigenvalue weighted by molar-refractivity contribution is -0.127. The molecule has 3 heterocycles.